The van der Waals surface area contributed by atoms with Crippen molar-refractivity contribution in [3.63, 3.8) is 0 Å². The van der Waals surface area contributed by atoms with Crippen LogP contribution in [-0.2, 0) is 0 Å². The molecule has 0 aromatic heterocycles. The quantitative estimate of drug-likeness (QED) is 0.635. The molecular formula is C11H6N4. The van der Waals surface area contributed by atoms with Crippen LogP contribution in [0.1, 0.15) is 5.56 Å². The highest BCUT2D eigenvalue weighted by molar-refractivity contribution is 6.29. The van der Waals surface area contributed by atoms with Gasteiger partial charge in [-0.25, -0.2) is 4.99 Å². The predicted octanol–water partition coefficient (Wildman–Crippen LogP) is 1.49. The molecule has 1 aliphatic rings. The van der Waals surface area contributed by atoms with Crippen molar-refractivity contribution in [2.75, 3.05) is 0 Å². The van der Waals surface area contributed by atoms with Crippen molar-refractivity contribution >= 4 is 17.1 Å². The van der Waals surface area contributed by atoms with E-state index >= 15 is 0 Å². The van der Waals surface area contributed by atoms with E-state index in [1.165, 1.54) is 0 Å². The van der Waals surface area contributed by atoms with E-state index in [2.05, 4.69) is 4.99 Å². The number of hydrogen-bond donors (Lipinski definition) is 1. The Hall–Kier alpha value is -2.59. The number of para-hydroxylation sites is 1. The summed E-state index contributed by atoms with van der Waals surface area (Å²) in [5, 5.41) is 17.6. The molecular weight excluding hydrogens is 188 g/mol. The van der Waals surface area contributed by atoms with Gasteiger partial charge in [0.05, 0.1) is 11.3 Å². The summed E-state index contributed by atoms with van der Waals surface area (Å²) >= 11 is 0. The molecule has 1 aromatic carbocycles. The van der Waals surface area contributed by atoms with Crippen LogP contribution in [0.3, 0.4) is 0 Å². The van der Waals surface area contributed by atoms with Crippen LogP contribution in [0, 0.1) is 22.7 Å². The first kappa shape index (κ1) is 8.98. The minimum atomic E-state index is 0.00111. The summed E-state index contributed by atoms with van der Waals surface area (Å²) in [6.45, 7) is 0. The molecule has 1 aliphatic heterocycles. The van der Waals surface area contributed by atoms with Gasteiger partial charge in [-0.05, 0) is 6.07 Å². The van der Waals surface area contributed by atoms with Crippen molar-refractivity contribution in [1.29, 1.82) is 10.5 Å². The number of aliphatic imine (C=N–C) groups is 1. The lowest BCUT2D eigenvalue weighted by Crippen LogP contribution is -2.11. The number of allylic oxidation sites excluding steroid dienone is 1. The first-order valence-corrected chi connectivity index (χ1v) is 4.26. The van der Waals surface area contributed by atoms with E-state index in [9.17, 15) is 0 Å². The van der Waals surface area contributed by atoms with Gasteiger partial charge in [0.25, 0.3) is 0 Å². The van der Waals surface area contributed by atoms with Crippen molar-refractivity contribution in [2.45, 2.75) is 0 Å². The van der Waals surface area contributed by atoms with E-state index in [4.69, 9.17) is 16.3 Å². The van der Waals surface area contributed by atoms with Gasteiger partial charge >= 0.3 is 0 Å². The lowest BCUT2D eigenvalue weighted by atomic mass is 10.0. The van der Waals surface area contributed by atoms with Crippen LogP contribution in [0.4, 0.5) is 5.69 Å². The third kappa shape index (κ3) is 1.25. The Kier molecular flexibility index (Phi) is 1.97. The molecule has 0 amide bonds. The number of nitrogens with zero attached hydrogens (tertiary/aromatic N) is 3. The number of benzene rings is 1. The summed E-state index contributed by atoms with van der Waals surface area (Å²) in [7, 11) is 0. The van der Waals surface area contributed by atoms with Gasteiger partial charge in [0.1, 0.15) is 23.5 Å². The predicted molar refractivity (Wildman–Crippen MR) is 55.9 cm³/mol. The Labute approximate surface area is 86.6 Å². The maximum absolute atomic E-state index is 8.79. The maximum atomic E-state index is 8.79. The summed E-state index contributed by atoms with van der Waals surface area (Å²) in [4.78, 5) is 4.08. The SMILES string of the molecule is N#CC(C#N)=C1C(N)=Nc2ccccc21. The van der Waals surface area contributed by atoms with Gasteiger partial charge in [-0.15, -0.1) is 0 Å². The first-order valence-electron chi connectivity index (χ1n) is 4.26. The van der Waals surface area contributed by atoms with Crippen LogP contribution in [0.5, 0.6) is 0 Å². The zero-order valence-corrected chi connectivity index (χ0v) is 7.73. The summed E-state index contributed by atoms with van der Waals surface area (Å²) in [6.07, 6.45) is 0. The van der Waals surface area contributed by atoms with Gasteiger partial charge in [-0.1, -0.05) is 18.2 Å². The topological polar surface area (TPSA) is 86.0 Å². The van der Waals surface area contributed by atoms with Crippen LogP contribution >= 0.6 is 0 Å². The van der Waals surface area contributed by atoms with Crippen LogP contribution in [-0.4, -0.2) is 5.84 Å². The fourth-order valence-corrected chi connectivity index (χ4v) is 1.51. The van der Waals surface area contributed by atoms with E-state index < -0.39 is 0 Å². The standard InChI is InChI=1S/C11H6N4/c12-5-7(6-13)10-8-3-1-2-4-9(8)15-11(10)14/h1-4H,(H2,14,15). The average molecular weight is 194 g/mol. The molecule has 0 spiro atoms. The van der Waals surface area contributed by atoms with Gasteiger partial charge in [-0.2, -0.15) is 10.5 Å². The zero-order chi connectivity index (χ0) is 10.8. The van der Waals surface area contributed by atoms with E-state index in [-0.39, 0.29) is 11.4 Å². The molecule has 0 aliphatic carbocycles. The summed E-state index contributed by atoms with van der Waals surface area (Å²) in [5.74, 6) is 0.231. The van der Waals surface area contributed by atoms with E-state index in [1.54, 1.807) is 12.1 Å². The number of fused-ring (bicyclic) bond motifs is 1. The van der Waals surface area contributed by atoms with E-state index in [1.807, 2.05) is 24.3 Å². The molecule has 0 unspecified atom stereocenters. The largest absolute Gasteiger partial charge is 0.383 e. The number of nitriles is 2. The summed E-state index contributed by atoms with van der Waals surface area (Å²) in [6, 6.07) is 10.9. The number of hydrogen-bond acceptors (Lipinski definition) is 4. The molecule has 0 saturated carbocycles. The second kappa shape index (κ2) is 3.28. The van der Waals surface area contributed by atoms with E-state index in [0.29, 0.717) is 11.3 Å². The van der Waals surface area contributed by atoms with Crippen molar-refractivity contribution in [3.05, 3.63) is 35.4 Å². The third-order valence-electron chi connectivity index (χ3n) is 2.14. The fourth-order valence-electron chi connectivity index (χ4n) is 1.51. The Morgan fingerprint density at radius 3 is 2.53 bits per heavy atom. The molecule has 4 nitrogen and oxygen atoms in total. The molecule has 1 aromatic rings. The summed E-state index contributed by atoms with van der Waals surface area (Å²) in [5.41, 5.74) is 7.56. The zero-order valence-electron chi connectivity index (χ0n) is 7.73. The van der Waals surface area contributed by atoms with Crippen molar-refractivity contribution in [1.82, 2.24) is 0 Å². The molecule has 2 rings (SSSR count). The van der Waals surface area contributed by atoms with Crippen molar-refractivity contribution in [3.8, 4) is 12.1 Å². The number of amidine groups is 1. The lowest BCUT2D eigenvalue weighted by molar-refractivity contribution is 1.46. The Morgan fingerprint density at radius 1 is 1.20 bits per heavy atom. The monoisotopic (exact) mass is 194 g/mol. The molecule has 0 fully saturated rings. The molecule has 1 heterocycles. The fraction of sp³-hybridized carbons (Fsp3) is 0. The minimum absolute atomic E-state index is 0.00111. The maximum Gasteiger partial charge on any atom is 0.141 e. The van der Waals surface area contributed by atoms with Crippen LogP contribution in [0.25, 0.3) is 5.57 Å². The smallest absolute Gasteiger partial charge is 0.141 e. The van der Waals surface area contributed by atoms with Gasteiger partial charge in [0.15, 0.2) is 0 Å². The molecule has 0 atom stereocenters. The van der Waals surface area contributed by atoms with Gasteiger partial charge in [0, 0.05) is 5.56 Å². The first-order chi connectivity index (χ1) is 7.27. The highest BCUT2D eigenvalue weighted by Gasteiger charge is 2.21. The molecule has 15 heavy (non-hydrogen) atoms. The average Bonchev–Trinajstić information content (AvgIpc) is 2.58. The molecule has 0 bridgehead atoms. The van der Waals surface area contributed by atoms with Crippen molar-refractivity contribution < 1.29 is 0 Å². The molecule has 70 valence electrons. The van der Waals surface area contributed by atoms with E-state index in [0.717, 1.165) is 5.56 Å². The molecule has 4 heteroatoms. The lowest BCUT2D eigenvalue weighted by Gasteiger charge is -1.99. The summed E-state index contributed by atoms with van der Waals surface area (Å²) < 4.78 is 0. The van der Waals surface area contributed by atoms with Crippen LogP contribution in [0.15, 0.2) is 34.8 Å². The molecule has 0 saturated heterocycles. The Morgan fingerprint density at radius 2 is 1.87 bits per heavy atom. The number of nitrogens with two attached hydrogens (primary N) is 1. The Bertz CT molecular complexity index is 551. The van der Waals surface area contributed by atoms with Gasteiger partial charge in [0.2, 0.25) is 0 Å². The van der Waals surface area contributed by atoms with Gasteiger partial charge < -0.3 is 5.73 Å². The molecule has 0 radical (unpaired) electrons. The second-order valence-electron chi connectivity index (χ2n) is 2.99. The molecule has 2 N–H and O–H groups in total. The highest BCUT2D eigenvalue weighted by Crippen LogP contribution is 2.34. The Balaban J connectivity index is 2.75. The normalized spacial score (nSPS) is 12.4. The van der Waals surface area contributed by atoms with Crippen molar-refractivity contribution in [2.24, 2.45) is 10.7 Å². The third-order valence-corrected chi connectivity index (χ3v) is 2.14. The van der Waals surface area contributed by atoms with Crippen LogP contribution in [0.2, 0.25) is 0 Å². The van der Waals surface area contributed by atoms with Crippen LogP contribution < -0.4 is 5.73 Å². The number of rotatable bonds is 0. The van der Waals surface area contributed by atoms with Gasteiger partial charge in [-0.3, -0.25) is 0 Å². The highest BCUT2D eigenvalue weighted by atomic mass is 14.9. The minimum Gasteiger partial charge on any atom is -0.383 e. The second-order valence-corrected chi connectivity index (χ2v) is 2.99.